The molecular weight excluding hydrogens is 1810 g/mol. The third-order valence-electron chi connectivity index (χ3n) is 20.9. The van der Waals surface area contributed by atoms with E-state index in [2.05, 4.69) is 62.9 Å². The summed E-state index contributed by atoms with van der Waals surface area (Å²) in [4.78, 5) is 146. The Morgan fingerprint density at radius 3 is 1.49 bits per heavy atom. The maximum Gasteiger partial charge on any atom is 0.407 e. The van der Waals surface area contributed by atoms with Gasteiger partial charge in [0.05, 0.1) is 75.8 Å². The first kappa shape index (κ1) is 127. The predicted molar refractivity (Wildman–Crippen MR) is 506 cm³/mol. The lowest BCUT2D eigenvalue weighted by Crippen LogP contribution is -2.58. The van der Waals surface area contributed by atoms with E-state index >= 15 is 0 Å². The van der Waals surface area contributed by atoms with Gasteiger partial charge in [-0.1, -0.05) is 143 Å². The number of carbonyl (C=O) groups is 11. The zero-order chi connectivity index (χ0) is 101. The van der Waals surface area contributed by atoms with Crippen LogP contribution in [0.1, 0.15) is 220 Å². The van der Waals surface area contributed by atoms with Crippen LogP contribution < -0.4 is 42.0 Å². The van der Waals surface area contributed by atoms with Crippen LogP contribution >= 0.6 is 32.9 Å². The third kappa shape index (κ3) is 55.2. The molecule has 2 aromatic rings. The van der Waals surface area contributed by atoms with Crippen molar-refractivity contribution >= 4 is 98.6 Å². The number of nitrogens with one attached hydrogen (secondary N) is 7. The molecule has 774 valence electrons. The first-order valence-corrected chi connectivity index (χ1v) is 49.6. The quantitative estimate of drug-likeness (QED) is 0.00752. The number of methoxy groups -OCH3 is 4. The number of aliphatic hydroxyl groups excluding tert-OH is 5. The number of alkyl carbamates (subject to hydrolysis) is 3. The topological polar surface area (TPSA) is 553 Å². The molecule has 0 aliphatic carbocycles. The number of benzene rings is 1. The number of rotatable bonds is 67. The average molecular weight is 1970 g/mol. The van der Waals surface area contributed by atoms with Crippen LogP contribution in [0.5, 0.6) is 5.75 Å². The Morgan fingerprint density at radius 2 is 1.06 bits per heavy atom. The minimum atomic E-state index is -1.02. The number of carbonyl (C=O) groups excluding carboxylic acids is 9. The number of hydrogen-bond acceptors (Lipinski definition) is 34. The standard InChI is InChI=1S/C57H93N7O14S.C15H30N2O6S2.C11H21NO7.C7H16O4/c1-13-26-64(54(69)50(37(9)15-3)62-52(68)44-19-17-18-27-63(44)11)45(35(5)6)31-46(75-28-14-2)53-60-43(34-79-53)51(67)59-40(29-38(10)55(70)71)30-39-20-22-42(23-21-39)78-56(72)49(36(7)8)61-47(66)24-25-58-57(73)76-33-48(74-12)77-41(16-4)32-65;1-4-12(10-18)23-14(21-3)11-22-15(20)17-7-6-13(19)16-8-9-25-24-5-2;1-3-8(6-13)19-10(17-2)7-18-11(16)12-5-4-9(14)15;1-3-6(4-8)11-7(5-9)10-2/h20-23,34-38,40-41,44-46,48-50,65H,13-19,24-33H2,1-12H3,(H,58,73)(H,59,67)(H,61,66)(H,62,68)(H,70,71);12,14,18H,4-11H2,1-3H3,(H,16,19)(H,17,20);8,10,13H,3-7H2,1-2H3,(H,12,16)(H,14,15);6-9H,3-5H2,1-2H3/t37-,38-,40+,41?,44+,45+,46+,48?,49+,50-;;;/m0.../s1. The fourth-order valence-electron chi connectivity index (χ4n) is 12.6. The Labute approximate surface area is 803 Å². The van der Waals surface area contributed by atoms with Gasteiger partial charge in [-0.3, -0.25) is 38.5 Å². The van der Waals surface area contributed by atoms with Crippen molar-refractivity contribution in [1.29, 1.82) is 0 Å². The van der Waals surface area contributed by atoms with Gasteiger partial charge < -0.3 is 139 Å². The molecular formula is C90H160N10O31S3. The average Bonchev–Trinajstić information content (AvgIpc) is 1.38. The monoisotopic (exact) mass is 1970 g/mol. The number of nitrogens with zero attached hydrogens (tertiary/aromatic N) is 3. The van der Waals surface area contributed by atoms with E-state index in [0.717, 1.165) is 49.3 Å². The number of aromatic nitrogens is 1. The molecule has 0 bridgehead atoms. The van der Waals surface area contributed by atoms with E-state index in [1.54, 1.807) is 72.0 Å². The van der Waals surface area contributed by atoms with Crippen molar-refractivity contribution in [3.05, 3.63) is 45.9 Å². The second kappa shape index (κ2) is 76.5. The maximum absolute atomic E-state index is 14.8. The lowest BCUT2D eigenvalue weighted by atomic mass is 9.92. The Hall–Kier alpha value is -7.48. The van der Waals surface area contributed by atoms with Crippen LogP contribution in [-0.4, -0.2) is 342 Å². The predicted octanol–water partition coefficient (Wildman–Crippen LogP) is 7.72. The summed E-state index contributed by atoms with van der Waals surface area (Å²) in [6, 6.07) is 3.62. The van der Waals surface area contributed by atoms with Crippen LogP contribution in [-0.2, 0) is 96.8 Å². The zero-order valence-corrected chi connectivity index (χ0v) is 84.6. The minimum Gasteiger partial charge on any atom is -0.481 e. The van der Waals surface area contributed by atoms with E-state index in [9.17, 15) is 63.0 Å². The molecule has 134 heavy (non-hydrogen) atoms. The molecule has 8 amide bonds. The van der Waals surface area contributed by atoms with E-state index < -0.39 is 109 Å². The smallest absolute Gasteiger partial charge is 0.407 e. The van der Waals surface area contributed by atoms with Gasteiger partial charge in [0, 0.05) is 116 Å². The molecule has 1 aromatic carbocycles. The SMILES string of the molecule is CCC(CO)OC(CO)OC.CCC(CO)OC(COC(=O)NCCC(=O)O)OC.CCCO[C@H](C[C@H](C(C)C)N(CCC)C(=O)[C@@H](NC(=O)[C@H]1CCCCN1C)[C@@H](C)CC)c1nc(C(=O)N[C@@H](Cc2ccc(OC(=O)[C@H](NC(=O)CCNC(=O)OCC(OC)OC(CC)CO)C(C)C)cc2)C[C@H](C)C(=O)O)cs1.CCSSCCNC(=O)CCNC(=O)OCC(OC)OC(CC)CO. The first-order valence-electron chi connectivity index (χ1n) is 46.2. The molecule has 0 spiro atoms. The molecule has 41 nitrogen and oxygen atoms in total. The molecule has 2 heterocycles. The van der Waals surface area contributed by atoms with E-state index in [4.69, 9.17) is 92.1 Å². The number of aliphatic carboxylic acids is 2. The van der Waals surface area contributed by atoms with Gasteiger partial charge in [-0.25, -0.2) is 24.2 Å². The summed E-state index contributed by atoms with van der Waals surface area (Å²) in [5.41, 5.74) is 0.862. The van der Waals surface area contributed by atoms with Gasteiger partial charge in [-0.2, -0.15) is 0 Å². The Balaban J connectivity index is 0.00000257. The summed E-state index contributed by atoms with van der Waals surface area (Å²) in [5.74, 6) is -3.29. The molecule has 0 saturated carbocycles. The minimum absolute atomic E-state index is 0.00309. The lowest BCUT2D eigenvalue weighted by Gasteiger charge is -2.40. The van der Waals surface area contributed by atoms with E-state index in [-0.39, 0.29) is 182 Å². The second-order valence-electron chi connectivity index (χ2n) is 32.1. The van der Waals surface area contributed by atoms with Crippen LogP contribution in [0.3, 0.4) is 0 Å². The highest BCUT2D eigenvalue weighted by Crippen LogP contribution is 2.33. The highest BCUT2D eigenvalue weighted by atomic mass is 33.1. The lowest BCUT2D eigenvalue weighted by molar-refractivity contribution is -0.181. The van der Waals surface area contributed by atoms with Crippen molar-refractivity contribution in [2.75, 3.05) is 146 Å². The number of esters is 1. The number of amides is 8. The fraction of sp³-hybridized carbons (Fsp3) is 0.778. The van der Waals surface area contributed by atoms with Crippen molar-refractivity contribution in [3.8, 4) is 5.75 Å². The van der Waals surface area contributed by atoms with Gasteiger partial charge in [0.1, 0.15) is 54.5 Å². The molecule has 1 aliphatic heterocycles. The summed E-state index contributed by atoms with van der Waals surface area (Å²) in [6.07, 6.45) is 0.644. The van der Waals surface area contributed by atoms with Crippen LogP contribution in [0.2, 0.25) is 0 Å². The van der Waals surface area contributed by atoms with Crippen molar-refractivity contribution < 1.29 is 150 Å². The summed E-state index contributed by atoms with van der Waals surface area (Å²) >= 11 is 1.28. The van der Waals surface area contributed by atoms with Gasteiger partial charge in [-0.05, 0) is 113 Å². The van der Waals surface area contributed by atoms with Gasteiger partial charge in [0.25, 0.3) is 5.91 Å². The summed E-state index contributed by atoms with van der Waals surface area (Å²) in [7, 11) is 11.1. The number of thiazole rings is 1. The summed E-state index contributed by atoms with van der Waals surface area (Å²) in [6.45, 7) is 28.0. The molecule has 8 unspecified atom stereocenters. The molecule has 1 saturated heterocycles. The number of aliphatic hydroxyl groups is 5. The number of likely N-dealkylation sites (tertiary alicyclic amines) is 1. The van der Waals surface area contributed by atoms with Crippen LogP contribution in [0, 0.1) is 23.7 Å². The Bertz CT molecular complexity index is 3500. The molecule has 1 fully saturated rings. The molecule has 1 aliphatic rings. The Morgan fingerprint density at radius 1 is 0.560 bits per heavy atom. The second-order valence-corrected chi connectivity index (χ2v) is 35.9. The molecule has 0 radical (unpaired) electrons. The van der Waals surface area contributed by atoms with Gasteiger partial charge in [-0.15, -0.1) is 11.3 Å². The van der Waals surface area contributed by atoms with Crippen molar-refractivity contribution in [2.24, 2.45) is 23.7 Å². The summed E-state index contributed by atoms with van der Waals surface area (Å²) < 4.78 is 68.3. The third-order valence-corrected chi connectivity index (χ3v) is 24.3. The van der Waals surface area contributed by atoms with Crippen molar-refractivity contribution in [3.63, 3.8) is 0 Å². The highest BCUT2D eigenvalue weighted by Gasteiger charge is 2.39. The first-order chi connectivity index (χ1) is 64.0. The van der Waals surface area contributed by atoms with E-state index in [0.29, 0.717) is 69.6 Å². The maximum atomic E-state index is 14.8. The van der Waals surface area contributed by atoms with Crippen molar-refractivity contribution in [1.82, 2.24) is 52.0 Å². The number of hydrogen-bond donors (Lipinski definition) is 14. The van der Waals surface area contributed by atoms with Gasteiger partial charge in [0.2, 0.25) is 23.6 Å². The van der Waals surface area contributed by atoms with Gasteiger partial charge in [0.15, 0.2) is 25.2 Å². The van der Waals surface area contributed by atoms with Crippen LogP contribution in [0.25, 0.3) is 0 Å². The number of carboxylic acid groups (broad SMARTS) is 2. The van der Waals surface area contributed by atoms with Gasteiger partial charge >= 0.3 is 36.2 Å². The largest absolute Gasteiger partial charge is 0.481 e. The number of ether oxygens (including phenoxy) is 13. The molecule has 44 heteroatoms. The molecule has 14 N–H and O–H groups in total. The fourth-order valence-corrected chi connectivity index (χ4v) is 15.0. The van der Waals surface area contributed by atoms with E-state index in [1.165, 1.54) is 39.8 Å². The number of piperidine rings is 1. The van der Waals surface area contributed by atoms with Crippen LogP contribution in [0.15, 0.2) is 29.6 Å². The summed E-state index contributed by atoms with van der Waals surface area (Å²) in [5, 5.41) is 84.1. The normalized spacial score (nSPS) is 15.9. The Kier molecular flexibility index (Phi) is 72.2. The molecule has 1 aromatic heterocycles. The molecule has 16 atom stereocenters. The number of likely N-dealkylation sites (N-methyl/N-ethyl adjacent to an activating group) is 1. The van der Waals surface area contributed by atoms with Crippen LogP contribution in [0.4, 0.5) is 14.4 Å². The van der Waals surface area contributed by atoms with Crippen molar-refractivity contribution in [2.45, 2.75) is 286 Å². The van der Waals surface area contributed by atoms with E-state index in [1.807, 2.05) is 67.3 Å². The zero-order valence-electron chi connectivity index (χ0n) is 82.1. The highest BCUT2D eigenvalue weighted by molar-refractivity contribution is 8.76. The number of carboxylic acids is 2. The molecule has 3 rings (SSSR count).